The number of hydrogen-bond donors (Lipinski definition) is 0. The molecule has 0 N–H and O–H groups in total. The van der Waals surface area contributed by atoms with E-state index in [0.29, 0.717) is 32.8 Å². The molecule has 5 rings (SSSR count). The number of benzene rings is 2. The first kappa shape index (κ1) is 19.3. The van der Waals surface area contributed by atoms with Crippen molar-refractivity contribution in [3.05, 3.63) is 86.7 Å². The highest BCUT2D eigenvalue weighted by Crippen LogP contribution is 2.43. The van der Waals surface area contributed by atoms with E-state index in [1.165, 1.54) is 0 Å². The van der Waals surface area contributed by atoms with Gasteiger partial charge in [0.25, 0.3) is 0 Å². The van der Waals surface area contributed by atoms with Gasteiger partial charge in [0, 0.05) is 27.8 Å². The molecule has 2 aromatic carbocycles. The van der Waals surface area contributed by atoms with Crippen LogP contribution in [0.5, 0.6) is 0 Å². The van der Waals surface area contributed by atoms with Crippen molar-refractivity contribution in [3.8, 4) is 5.82 Å². The number of carbonyl (C=O) groups excluding carboxylic acids is 1. The molecule has 0 fully saturated rings. The Morgan fingerprint density at radius 3 is 2.77 bits per heavy atom. The number of ether oxygens (including phenoxy) is 1. The minimum Gasteiger partial charge on any atom is -0.460 e. The van der Waals surface area contributed by atoms with Crippen molar-refractivity contribution in [2.75, 3.05) is 0 Å². The van der Waals surface area contributed by atoms with Crippen LogP contribution in [0.3, 0.4) is 0 Å². The van der Waals surface area contributed by atoms with Gasteiger partial charge in [-0.1, -0.05) is 47.5 Å². The van der Waals surface area contributed by atoms with E-state index in [1.807, 2.05) is 42.6 Å². The van der Waals surface area contributed by atoms with Gasteiger partial charge in [0.15, 0.2) is 18.2 Å². The highest BCUT2D eigenvalue weighted by atomic mass is 79.9. The van der Waals surface area contributed by atoms with Gasteiger partial charge in [-0.2, -0.15) is 0 Å². The van der Waals surface area contributed by atoms with Crippen molar-refractivity contribution in [3.63, 3.8) is 0 Å². The molecular weight excluding hydrogens is 489 g/mol. The number of nitrogens with zero attached hydrogens (tertiary/aromatic N) is 3. The Hall–Kier alpha value is -2.67. The Morgan fingerprint density at radius 2 is 1.97 bits per heavy atom. The molecule has 0 amide bonds. The van der Waals surface area contributed by atoms with Crippen LogP contribution in [-0.4, -0.2) is 21.7 Å². The number of carbonyl (C=O) groups is 1. The van der Waals surface area contributed by atoms with Crippen molar-refractivity contribution in [1.29, 1.82) is 0 Å². The molecule has 0 spiro atoms. The quantitative estimate of drug-likeness (QED) is 0.304. The molecule has 1 unspecified atom stereocenters. The monoisotopic (exact) mass is 499 g/mol. The predicted octanol–water partition coefficient (Wildman–Crippen LogP) is 6.44. The van der Waals surface area contributed by atoms with Crippen LogP contribution in [0.4, 0.5) is 5.69 Å². The van der Waals surface area contributed by atoms with E-state index < -0.39 is 6.10 Å². The first-order chi connectivity index (χ1) is 14.6. The van der Waals surface area contributed by atoms with E-state index >= 15 is 0 Å². The van der Waals surface area contributed by atoms with Crippen LogP contribution < -0.4 is 0 Å². The fraction of sp³-hybridized carbons (Fsp3) is 0.0455. The molecule has 2 aromatic heterocycles. The maximum atomic E-state index is 11.9. The largest absolute Gasteiger partial charge is 0.460 e. The van der Waals surface area contributed by atoms with Gasteiger partial charge in [0.05, 0.1) is 15.7 Å². The van der Waals surface area contributed by atoms with E-state index in [9.17, 15) is 4.79 Å². The van der Waals surface area contributed by atoms with E-state index in [0.717, 1.165) is 21.5 Å². The maximum Gasteiger partial charge on any atom is 0.240 e. The van der Waals surface area contributed by atoms with E-state index in [4.69, 9.17) is 27.9 Å². The van der Waals surface area contributed by atoms with Crippen molar-refractivity contribution in [2.45, 2.75) is 6.10 Å². The molecule has 148 valence electrons. The highest BCUT2D eigenvalue weighted by Gasteiger charge is 2.29. The number of hydrogen-bond acceptors (Lipinski definition) is 4. The van der Waals surface area contributed by atoms with Crippen LogP contribution >= 0.6 is 39.1 Å². The number of aldehydes is 1. The normalized spacial score (nSPS) is 15.4. The molecule has 0 saturated carbocycles. The Bertz CT molecular complexity index is 1350. The summed E-state index contributed by atoms with van der Waals surface area (Å²) in [7, 11) is 0. The molecule has 1 atom stereocenters. The highest BCUT2D eigenvalue weighted by molar-refractivity contribution is 9.10. The molecule has 30 heavy (non-hydrogen) atoms. The third-order valence-corrected chi connectivity index (χ3v) is 5.96. The molecule has 3 heterocycles. The molecular formula is C22H12BrCl2N3O2. The Morgan fingerprint density at radius 1 is 1.13 bits per heavy atom. The van der Waals surface area contributed by atoms with Crippen molar-refractivity contribution in [1.82, 2.24) is 9.55 Å². The SMILES string of the molecule is O=CC1OC(c2cc(Br)cn2-c2ncccc2Cl)=Nc2c1cc1ccccc1c2Cl. The van der Waals surface area contributed by atoms with Crippen molar-refractivity contribution < 1.29 is 9.53 Å². The summed E-state index contributed by atoms with van der Waals surface area (Å²) in [5.41, 5.74) is 1.74. The number of pyridine rings is 1. The summed E-state index contributed by atoms with van der Waals surface area (Å²) < 4.78 is 8.52. The minimum atomic E-state index is -0.837. The number of aromatic nitrogens is 2. The third kappa shape index (κ3) is 3.12. The van der Waals surface area contributed by atoms with Crippen LogP contribution in [0.1, 0.15) is 17.4 Å². The molecule has 1 aliphatic heterocycles. The first-order valence-corrected chi connectivity index (χ1v) is 10.5. The van der Waals surface area contributed by atoms with E-state index in [1.54, 1.807) is 22.9 Å². The van der Waals surface area contributed by atoms with Crippen molar-refractivity contribution in [2.24, 2.45) is 4.99 Å². The summed E-state index contributed by atoms with van der Waals surface area (Å²) in [6.45, 7) is 0. The molecule has 0 aliphatic carbocycles. The number of rotatable bonds is 3. The number of fused-ring (bicyclic) bond motifs is 2. The lowest BCUT2D eigenvalue weighted by molar-refractivity contribution is -0.114. The lowest BCUT2D eigenvalue weighted by Crippen LogP contribution is -2.20. The molecule has 0 saturated heterocycles. The Kier molecular flexibility index (Phi) is 4.85. The van der Waals surface area contributed by atoms with Gasteiger partial charge >= 0.3 is 0 Å². The lowest BCUT2D eigenvalue weighted by atomic mass is 10.0. The second kappa shape index (κ2) is 7.54. The molecule has 0 radical (unpaired) electrons. The summed E-state index contributed by atoms with van der Waals surface area (Å²) in [6, 6.07) is 14.9. The van der Waals surface area contributed by atoms with Gasteiger partial charge in [-0.3, -0.25) is 9.36 Å². The smallest absolute Gasteiger partial charge is 0.240 e. The van der Waals surface area contributed by atoms with Crippen LogP contribution in [0.2, 0.25) is 10.0 Å². The Labute approximate surface area is 190 Å². The standard InChI is InChI=1S/C22H12BrCl2N3O2/c23-13-9-17(28(10-13)21-16(24)6-3-7-26-21)22-27-20-15(18(11-29)30-22)8-12-4-1-2-5-14(12)19(20)25/h1-11,18H. The van der Waals surface area contributed by atoms with Crippen LogP contribution in [0, 0.1) is 0 Å². The molecule has 0 bridgehead atoms. The predicted molar refractivity (Wildman–Crippen MR) is 121 cm³/mol. The van der Waals surface area contributed by atoms with E-state index in [2.05, 4.69) is 25.9 Å². The average Bonchev–Trinajstić information content (AvgIpc) is 3.15. The molecule has 5 nitrogen and oxygen atoms in total. The maximum absolute atomic E-state index is 11.9. The lowest BCUT2D eigenvalue weighted by Gasteiger charge is -2.24. The fourth-order valence-corrected chi connectivity index (χ4v) is 4.46. The molecule has 4 aromatic rings. The summed E-state index contributed by atoms with van der Waals surface area (Å²) in [5, 5.41) is 2.72. The van der Waals surface area contributed by atoms with Crippen LogP contribution in [-0.2, 0) is 9.53 Å². The van der Waals surface area contributed by atoms with E-state index in [-0.39, 0.29) is 5.90 Å². The number of halogens is 3. The Balaban J connectivity index is 1.74. The first-order valence-electron chi connectivity index (χ1n) is 8.97. The zero-order valence-electron chi connectivity index (χ0n) is 15.2. The summed E-state index contributed by atoms with van der Waals surface area (Å²) in [4.78, 5) is 20.9. The summed E-state index contributed by atoms with van der Waals surface area (Å²) in [5.74, 6) is 0.772. The third-order valence-electron chi connectivity index (χ3n) is 4.84. The zero-order chi connectivity index (χ0) is 20.8. The van der Waals surface area contributed by atoms with Crippen LogP contribution in [0.15, 0.2) is 70.4 Å². The topological polar surface area (TPSA) is 56.5 Å². The van der Waals surface area contributed by atoms with Gasteiger partial charge in [-0.05, 0) is 45.6 Å². The van der Waals surface area contributed by atoms with Gasteiger partial charge in [-0.25, -0.2) is 9.98 Å². The van der Waals surface area contributed by atoms with Gasteiger partial charge in [0.2, 0.25) is 5.90 Å². The van der Waals surface area contributed by atoms with Crippen LogP contribution in [0.25, 0.3) is 16.6 Å². The van der Waals surface area contributed by atoms with Gasteiger partial charge in [-0.15, -0.1) is 0 Å². The summed E-state index contributed by atoms with van der Waals surface area (Å²) >= 11 is 16.5. The molecule has 8 heteroatoms. The fourth-order valence-electron chi connectivity index (χ4n) is 3.50. The second-order valence-corrected chi connectivity index (χ2v) is 8.36. The second-order valence-electron chi connectivity index (χ2n) is 6.66. The minimum absolute atomic E-state index is 0.254. The van der Waals surface area contributed by atoms with Gasteiger partial charge in [0.1, 0.15) is 5.69 Å². The molecule has 1 aliphatic rings. The number of aliphatic imine (C=N–C) groups is 1. The van der Waals surface area contributed by atoms with Gasteiger partial charge < -0.3 is 4.74 Å². The average molecular weight is 501 g/mol. The zero-order valence-corrected chi connectivity index (χ0v) is 18.3. The summed E-state index contributed by atoms with van der Waals surface area (Å²) in [6.07, 6.45) is 3.36. The van der Waals surface area contributed by atoms with Crippen molar-refractivity contribution >= 4 is 67.8 Å².